The van der Waals surface area contributed by atoms with Crippen LogP contribution in [-0.4, -0.2) is 22.2 Å². The molecule has 0 aliphatic rings. The van der Waals surface area contributed by atoms with Crippen LogP contribution in [0.5, 0.6) is 0 Å². The van der Waals surface area contributed by atoms with Gasteiger partial charge in [0.05, 0.1) is 0 Å². The van der Waals surface area contributed by atoms with Crippen molar-refractivity contribution in [2.75, 3.05) is 0 Å². The zero-order valence-electron chi connectivity index (χ0n) is 7.62. The summed E-state index contributed by atoms with van der Waals surface area (Å²) in [6.45, 7) is 1.67. The molecule has 0 atom stereocenters. The summed E-state index contributed by atoms with van der Waals surface area (Å²) >= 11 is 0. The van der Waals surface area contributed by atoms with Gasteiger partial charge >= 0.3 is 11.9 Å². The molecule has 0 heterocycles. The average molecular weight is 186 g/mol. The SMILES string of the molecule is CC=C(CCCCC(=O)O)C(=O)O. The molecule has 0 aliphatic carbocycles. The minimum atomic E-state index is -0.919. The Balaban J connectivity index is 3.63. The van der Waals surface area contributed by atoms with Gasteiger partial charge < -0.3 is 10.2 Å². The predicted molar refractivity (Wildman–Crippen MR) is 47.5 cm³/mol. The summed E-state index contributed by atoms with van der Waals surface area (Å²) in [6, 6.07) is 0. The Morgan fingerprint density at radius 1 is 1.15 bits per heavy atom. The number of hydrogen-bond donors (Lipinski definition) is 2. The molecule has 0 unspecified atom stereocenters. The molecule has 4 nitrogen and oxygen atoms in total. The van der Waals surface area contributed by atoms with Crippen LogP contribution in [-0.2, 0) is 9.59 Å². The Morgan fingerprint density at radius 2 is 1.69 bits per heavy atom. The molecular weight excluding hydrogens is 172 g/mol. The van der Waals surface area contributed by atoms with E-state index in [1.165, 1.54) is 0 Å². The highest BCUT2D eigenvalue weighted by Gasteiger charge is 2.05. The molecular formula is C9H14O4. The Labute approximate surface area is 76.9 Å². The molecule has 0 rings (SSSR count). The minimum Gasteiger partial charge on any atom is -0.481 e. The van der Waals surface area contributed by atoms with Crippen molar-refractivity contribution in [2.45, 2.75) is 32.6 Å². The fourth-order valence-corrected chi connectivity index (χ4v) is 0.966. The van der Waals surface area contributed by atoms with Gasteiger partial charge in [-0.2, -0.15) is 0 Å². The lowest BCUT2D eigenvalue weighted by Crippen LogP contribution is -2.01. The average Bonchev–Trinajstić information content (AvgIpc) is 2.03. The molecule has 0 saturated carbocycles. The van der Waals surface area contributed by atoms with Crippen LogP contribution in [0.15, 0.2) is 11.6 Å². The van der Waals surface area contributed by atoms with Crippen LogP contribution in [0, 0.1) is 0 Å². The number of aliphatic carboxylic acids is 2. The highest BCUT2D eigenvalue weighted by atomic mass is 16.4. The molecule has 0 spiro atoms. The third-order valence-electron chi connectivity index (χ3n) is 1.71. The van der Waals surface area contributed by atoms with Crippen molar-refractivity contribution in [2.24, 2.45) is 0 Å². The number of carboxylic acids is 2. The quantitative estimate of drug-likeness (QED) is 0.488. The largest absolute Gasteiger partial charge is 0.481 e. The summed E-state index contributed by atoms with van der Waals surface area (Å²) < 4.78 is 0. The van der Waals surface area contributed by atoms with Crippen LogP contribution in [0.4, 0.5) is 0 Å². The molecule has 0 aromatic carbocycles. The summed E-state index contributed by atoms with van der Waals surface area (Å²) in [5, 5.41) is 16.9. The standard InChI is InChI=1S/C9H14O4/c1-2-7(9(12)13)5-3-4-6-8(10)11/h2H,3-6H2,1H3,(H,10,11)(H,12,13). The van der Waals surface area contributed by atoms with E-state index in [9.17, 15) is 9.59 Å². The molecule has 0 amide bonds. The van der Waals surface area contributed by atoms with E-state index in [0.29, 0.717) is 24.8 Å². The number of unbranched alkanes of at least 4 members (excludes halogenated alkanes) is 1. The van der Waals surface area contributed by atoms with Crippen molar-refractivity contribution in [1.29, 1.82) is 0 Å². The van der Waals surface area contributed by atoms with Gasteiger partial charge in [-0.3, -0.25) is 4.79 Å². The molecule has 0 saturated heterocycles. The molecule has 0 bridgehead atoms. The lowest BCUT2D eigenvalue weighted by atomic mass is 10.1. The van der Waals surface area contributed by atoms with E-state index in [-0.39, 0.29) is 6.42 Å². The van der Waals surface area contributed by atoms with E-state index in [2.05, 4.69) is 0 Å². The lowest BCUT2D eigenvalue weighted by Gasteiger charge is -1.99. The second-order valence-corrected chi connectivity index (χ2v) is 2.72. The molecule has 0 aromatic rings. The zero-order chi connectivity index (χ0) is 10.3. The van der Waals surface area contributed by atoms with Crippen molar-refractivity contribution in [3.05, 3.63) is 11.6 Å². The Kier molecular flexibility index (Phi) is 5.59. The van der Waals surface area contributed by atoms with Crippen LogP contribution in [0.3, 0.4) is 0 Å². The van der Waals surface area contributed by atoms with Crippen molar-refractivity contribution >= 4 is 11.9 Å². The third-order valence-corrected chi connectivity index (χ3v) is 1.71. The first-order chi connectivity index (χ1) is 6.07. The molecule has 0 radical (unpaired) electrons. The number of allylic oxidation sites excluding steroid dienone is 1. The minimum absolute atomic E-state index is 0.108. The van der Waals surface area contributed by atoms with Gasteiger partial charge in [0.2, 0.25) is 0 Å². The highest BCUT2D eigenvalue weighted by Crippen LogP contribution is 2.08. The van der Waals surface area contributed by atoms with E-state index >= 15 is 0 Å². The lowest BCUT2D eigenvalue weighted by molar-refractivity contribution is -0.137. The van der Waals surface area contributed by atoms with Crippen LogP contribution in [0.25, 0.3) is 0 Å². The van der Waals surface area contributed by atoms with Gasteiger partial charge in [0.25, 0.3) is 0 Å². The van der Waals surface area contributed by atoms with Gasteiger partial charge in [0, 0.05) is 12.0 Å². The Morgan fingerprint density at radius 3 is 2.08 bits per heavy atom. The first-order valence-corrected chi connectivity index (χ1v) is 4.18. The number of hydrogen-bond acceptors (Lipinski definition) is 2. The van der Waals surface area contributed by atoms with Crippen molar-refractivity contribution in [3.63, 3.8) is 0 Å². The summed E-state index contributed by atoms with van der Waals surface area (Å²) in [7, 11) is 0. The first kappa shape index (κ1) is 11.7. The fraction of sp³-hybridized carbons (Fsp3) is 0.556. The van der Waals surface area contributed by atoms with Crippen LogP contribution < -0.4 is 0 Å². The molecule has 4 heteroatoms. The van der Waals surface area contributed by atoms with Gasteiger partial charge in [0.1, 0.15) is 0 Å². The smallest absolute Gasteiger partial charge is 0.331 e. The topological polar surface area (TPSA) is 74.6 Å². The van der Waals surface area contributed by atoms with Gasteiger partial charge in [-0.1, -0.05) is 6.08 Å². The summed E-state index contributed by atoms with van der Waals surface area (Å²) in [4.78, 5) is 20.6. The van der Waals surface area contributed by atoms with E-state index in [0.717, 1.165) is 0 Å². The van der Waals surface area contributed by atoms with E-state index in [1.807, 2.05) is 0 Å². The molecule has 74 valence electrons. The first-order valence-electron chi connectivity index (χ1n) is 4.18. The van der Waals surface area contributed by atoms with E-state index in [1.54, 1.807) is 13.0 Å². The molecule has 0 fully saturated rings. The van der Waals surface area contributed by atoms with Gasteiger partial charge in [0.15, 0.2) is 0 Å². The summed E-state index contributed by atoms with van der Waals surface area (Å²) in [5.41, 5.74) is 0.352. The zero-order valence-corrected chi connectivity index (χ0v) is 7.62. The summed E-state index contributed by atoms with van der Waals surface area (Å²) in [5.74, 6) is -1.75. The Bertz CT molecular complexity index is 218. The Hall–Kier alpha value is -1.32. The number of carbonyl (C=O) groups is 2. The van der Waals surface area contributed by atoms with E-state index < -0.39 is 11.9 Å². The van der Waals surface area contributed by atoms with Crippen molar-refractivity contribution < 1.29 is 19.8 Å². The molecule has 0 aromatic heterocycles. The monoisotopic (exact) mass is 186 g/mol. The van der Waals surface area contributed by atoms with Gasteiger partial charge in [-0.15, -0.1) is 0 Å². The van der Waals surface area contributed by atoms with Crippen molar-refractivity contribution in [1.82, 2.24) is 0 Å². The highest BCUT2D eigenvalue weighted by molar-refractivity contribution is 5.86. The molecule has 0 aliphatic heterocycles. The maximum absolute atomic E-state index is 10.5. The number of rotatable bonds is 6. The second kappa shape index (κ2) is 6.22. The van der Waals surface area contributed by atoms with Crippen LogP contribution in [0.2, 0.25) is 0 Å². The van der Waals surface area contributed by atoms with Gasteiger partial charge in [-0.05, 0) is 26.2 Å². The van der Waals surface area contributed by atoms with Crippen molar-refractivity contribution in [3.8, 4) is 0 Å². The molecule has 2 N–H and O–H groups in total. The third kappa shape index (κ3) is 5.90. The maximum atomic E-state index is 10.5. The van der Waals surface area contributed by atoms with E-state index in [4.69, 9.17) is 10.2 Å². The normalized spacial score (nSPS) is 11.3. The van der Waals surface area contributed by atoms with Crippen LogP contribution >= 0.6 is 0 Å². The molecule has 13 heavy (non-hydrogen) atoms. The number of carboxylic acid groups (broad SMARTS) is 2. The predicted octanol–water partition coefficient (Wildman–Crippen LogP) is 1.66. The van der Waals surface area contributed by atoms with Crippen LogP contribution in [0.1, 0.15) is 32.6 Å². The van der Waals surface area contributed by atoms with Gasteiger partial charge in [-0.25, -0.2) is 4.79 Å². The maximum Gasteiger partial charge on any atom is 0.331 e. The summed E-state index contributed by atoms with van der Waals surface area (Å²) in [6.07, 6.45) is 3.23. The fourth-order valence-electron chi connectivity index (χ4n) is 0.966. The second-order valence-electron chi connectivity index (χ2n) is 2.72.